The van der Waals surface area contributed by atoms with Crippen LogP contribution in [0.5, 0.6) is 11.5 Å². The van der Waals surface area contributed by atoms with Crippen molar-refractivity contribution in [2.24, 2.45) is 0 Å². The molecule has 0 aliphatic carbocycles. The number of unbranched alkanes of at least 4 members (excludes halogenated alkanes) is 6. The molecule has 1 unspecified atom stereocenters. The minimum absolute atomic E-state index is 0.0429. The molecule has 8 heteroatoms. The van der Waals surface area contributed by atoms with Crippen LogP contribution in [0.25, 0.3) is 11.1 Å². The van der Waals surface area contributed by atoms with Crippen molar-refractivity contribution in [2.45, 2.75) is 70.0 Å². The first-order chi connectivity index (χ1) is 21.4. The number of aliphatic hydroxyl groups excluding tert-OH is 1. The average Bonchev–Trinajstić information content (AvgIpc) is 3.03. The van der Waals surface area contributed by atoms with E-state index in [1.807, 2.05) is 61.6 Å². The summed E-state index contributed by atoms with van der Waals surface area (Å²) in [7, 11) is 2.00. The Morgan fingerprint density at radius 3 is 2.27 bits per heavy atom. The number of phenolic OH excluding ortho intramolecular Hbond substituents is 2. The van der Waals surface area contributed by atoms with Crippen LogP contribution in [-0.4, -0.2) is 77.1 Å². The number of hydrogen-bond acceptors (Lipinski definition) is 7. The Morgan fingerprint density at radius 2 is 1.55 bits per heavy atom. The fraction of sp³-hybridized carbons (Fsp3) is 0.472. The van der Waals surface area contributed by atoms with E-state index in [4.69, 9.17) is 4.74 Å². The standard InChI is InChI=1S/C36H49N3O5/c1-38(27-35(42)29-18-19-33(40)34(41)26-29)22-12-5-3-2-4-6-13-23-39-24-20-30(21-25-39)44-36(43)37-32-17-11-10-16-31(32)28-14-8-7-9-15-28/h7-11,14-19,26,30,35,40-42H,2-6,12-13,20-25,27H2,1H3,(H,37,43). The second-order valence-corrected chi connectivity index (χ2v) is 12.0. The van der Waals surface area contributed by atoms with Crippen LogP contribution >= 0.6 is 0 Å². The van der Waals surface area contributed by atoms with Crippen LogP contribution in [0.15, 0.2) is 72.8 Å². The molecule has 1 atom stereocenters. The summed E-state index contributed by atoms with van der Waals surface area (Å²) in [4.78, 5) is 17.3. The van der Waals surface area contributed by atoms with E-state index in [1.165, 1.54) is 50.7 Å². The number of nitrogens with zero attached hydrogens (tertiary/aromatic N) is 2. The molecule has 1 aliphatic rings. The summed E-state index contributed by atoms with van der Waals surface area (Å²) >= 11 is 0. The highest BCUT2D eigenvalue weighted by Gasteiger charge is 2.22. The van der Waals surface area contributed by atoms with Gasteiger partial charge in [-0.15, -0.1) is 0 Å². The van der Waals surface area contributed by atoms with Crippen LogP contribution in [0.1, 0.15) is 69.5 Å². The number of aromatic hydroxyl groups is 2. The maximum absolute atomic E-state index is 12.7. The molecule has 4 rings (SSSR count). The second-order valence-electron chi connectivity index (χ2n) is 12.0. The average molecular weight is 604 g/mol. The lowest BCUT2D eigenvalue weighted by atomic mass is 10.0. The Kier molecular flexibility index (Phi) is 13.4. The van der Waals surface area contributed by atoms with Crippen molar-refractivity contribution in [1.29, 1.82) is 0 Å². The normalized spacial score (nSPS) is 14.9. The number of rotatable bonds is 16. The summed E-state index contributed by atoms with van der Waals surface area (Å²) in [6.45, 7) is 4.45. The van der Waals surface area contributed by atoms with E-state index >= 15 is 0 Å². The van der Waals surface area contributed by atoms with E-state index in [-0.39, 0.29) is 23.7 Å². The molecule has 0 aromatic heterocycles. The van der Waals surface area contributed by atoms with Crippen molar-refractivity contribution in [3.63, 3.8) is 0 Å². The number of likely N-dealkylation sites (N-methyl/N-ethyl adjacent to an activating group) is 1. The number of carbonyl (C=O) groups is 1. The zero-order chi connectivity index (χ0) is 31.1. The van der Waals surface area contributed by atoms with E-state index in [1.54, 1.807) is 6.07 Å². The third-order valence-corrected chi connectivity index (χ3v) is 8.44. The number of carbonyl (C=O) groups excluding carboxylic acids is 1. The maximum atomic E-state index is 12.7. The molecule has 1 heterocycles. The molecule has 3 aromatic rings. The molecule has 0 spiro atoms. The van der Waals surface area contributed by atoms with Crippen LogP contribution in [0.2, 0.25) is 0 Å². The summed E-state index contributed by atoms with van der Waals surface area (Å²) in [6, 6.07) is 22.3. The topological polar surface area (TPSA) is 106 Å². The molecule has 4 N–H and O–H groups in total. The molecule has 1 fully saturated rings. The molecule has 3 aromatic carbocycles. The monoisotopic (exact) mass is 603 g/mol. The van der Waals surface area contributed by atoms with Crippen molar-refractivity contribution < 1.29 is 24.9 Å². The highest BCUT2D eigenvalue weighted by atomic mass is 16.6. The number of benzene rings is 3. The SMILES string of the molecule is CN(CCCCCCCCCN1CCC(OC(=O)Nc2ccccc2-c2ccccc2)CC1)CC(O)c1ccc(O)c(O)c1. The smallest absolute Gasteiger partial charge is 0.411 e. The molecule has 1 amide bonds. The number of piperidine rings is 1. The highest BCUT2D eigenvalue weighted by molar-refractivity contribution is 5.91. The third kappa shape index (κ3) is 10.8. The molecule has 0 saturated carbocycles. The first kappa shape index (κ1) is 33.3. The molecule has 8 nitrogen and oxygen atoms in total. The van der Waals surface area contributed by atoms with Crippen molar-refractivity contribution in [3.05, 3.63) is 78.4 Å². The lowest BCUT2D eigenvalue weighted by Gasteiger charge is -2.31. The lowest BCUT2D eigenvalue weighted by molar-refractivity contribution is 0.0584. The van der Waals surface area contributed by atoms with Gasteiger partial charge in [-0.1, -0.05) is 86.7 Å². The maximum Gasteiger partial charge on any atom is 0.411 e. The summed E-state index contributed by atoms with van der Waals surface area (Å²) in [5, 5.41) is 32.4. The minimum Gasteiger partial charge on any atom is -0.504 e. The first-order valence-electron chi connectivity index (χ1n) is 16.1. The molecule has 0 radical (unpaired) electrons. The van der Waals surface area contributed by atoms with E-state index in [0.717, 1.165) is 62.3 Å². The zero-order valence-electron chi connectivity index (χ0n) is 26.0. The number of anilines is 1. The molecule has 0 bridgehead atoms. The second kappa shape index (κ2) is 17.6. The molecule has 44 heavy (non-hydrogen) atoms. The van der Waals surface area contributed by atoms with Crippen molar-refractivity contribution in [2.75, 3.05) is 45.1 Å². The van der Waals surface area contributed by atoms with Gasteiger partial charge < -0.3 is 29.9 Å². The molecular formula is C36H49N3O5. The molecule has 1 aliphatic heterocycles. The van der Waals surface area contributed by atoms with Gasteiger partial charge >= 0.3 is 6.09 Å². The molecule has 238 valence electrons. The van der Waals surface area contributed by atoms with Crippen LogP contribution in [0, 0.1) is 0 Å². The van der Waals surface area contributed by atoms with Gasteiger partial charge in [0.05, 0.1) is 11.8 Å². The fourth-order valence-corrected chi connectivity index (χ4v) is 5.84. The number of aliphatic hydroxyl groups is 1. The van der Waals surface area contributed by atoms with E-state index in [9.17, 15) is 20.1 Å². The zero-order valence-corrected chi connectivity index (χ0v) is 26.0. The quantitative estimate of drug-likeness (QED) is 0.102. The summed E-state index contributed by atoms with van der Waals surface area (Å²) in [6.07, 6.45) is 9.07. The van der Waals surface area contributed by atoms with Crippen LogP contribution in [0.4, 0.5) is 10.5 Å². The number of phenols is 2. The van der Waals surface area contributed by atoms with Crippen LogP contribution in [-0.2, 0) is 4.74 Å². The number of hydrogen-bond donors (Lipinski definition) is 4. The number of amides is 1. The minimum atomic E-state index is -0.697. The van der Waals surface area contributed by atoms with E-state index < -0.39 is 6.10 Å². The third-order valence-electron chi connectivity index (χ3n) is 8.44. The van der Waals surface area contributed by atoms with Gasteiger partial charge in [-0.2, -0.15) is 0 Å². The van der Waals surface area contributed by atoms with Crippen molar-refractivity contribution >= 4 is 11.8 Å². The number of likely N-dealkylation sites (tertiary alicyclic amines) is 1. The predicted molar refractivity (Wildman–Crippen MR) is 176 cm³/mol. The first-order valence-corrected chi connectivity index (χ1v) is 16.1. The van der Waals surface area contributed by atoms with Gasteiger partial charge in [0, 0.05) is 25.2 Å². The highest BCUT2D eigenvalue weighted by Crippen LogP contribution is 2.29. The molecular weight excluding hydrogens is 554 g/mol. The van der Waals surface area contributed by atoms with Gasteiger partial charge in [0.15, 0.2) is 11.5 Å². The van der Waals surface area contributed by atoms with E-state index in [2.05, 4.69) is 15.1 Å². The summed E-state index contributed by atoms with van der Waals surface area (Å²) in [5.74, 6) is -0.383. The number of ether oxygens (including phenoxy) is 1. The number of nitrogens with one attached hydrogen (secondary N) is 1. The fourth-order valence-electron chi connectivity index (χ4n) is 5.84. The summed E-state index contributed by atoms with van der Waals surface area (Å²) < 4.78 is 5.78. The predicted octanol–water partition coefficient (Wildman–Crippen LogP) is 7.17. The molecule has 1 saturated heterocycles. The Labute approximate surface area is 262 Å². The van der Waals surface area contributed by atoms with Crippen LogP contribution < -0.4 is 5.32 Å². The van der Waals surface area contributed by atoms with Gasteiger partial charge in [-0.05, 0) is 75.1 Å². The number of para-hydroxylation sites is 1. The van der Waals surface area contributed by atoms with E-state index in [0.29, 0.717) is 12.1 Å². The Hall–Kier alpha value is -3.59. The lowest BCUT2D eigenvalue weighted by Crippen LogP contribution is -2.38. The Morgan fingerprint density at radius 1 is 0.886 bits per heavy atom. The van der Waals surface area contributed by atoms with Gasteiger partial charge in [0.25, 0.3) is 0 Å². The van der Waals surface area contributed by atoms with Gasteiger partial charge in [-0.3, -0.25) is 5.32 Å². The van der Waals surface area contributed by atoms with Gasteiger partial charge in [0.1, 0.15) is 6.10 Å². The van der Waals surface area contributed by atoms with Crippen molar-refractivity contribution in [1.82, 2.24) is 9.80 Å². The largest absolute Gasteiger partial charge is 0.504 e. The van der Waals surface area contributed by atoms with Crippen LogP contribution in [0.3, 0.4) is 0 Å². The van der Waals surface area contributed by atoms with Gasteiger partial charge in [0.2, 0.25) is 0 Å². The van der Waals surface area contributed by atoms with Crippen molar-refractivity contribution in [3.8, 4) is 22.6 Å². The summed E-state index contributed by atoms with van der Waals surface area (Å²) in [5.41, 5.74) is 3.41. The Bertz CT molecular complexity index is 1280. The van der Waals surface area contributed by atoms with Gasteiger partial charge in [-0.25, -0.2) is 4.79 Å². The Balaban J connectivity index is 1.00.